The Morgan fingerprint density at radius 1 is 1.30 bits per heavy atom. The molecule has 158 valence electrons. The molecule has 0 saturated carbocycles. The molecule has 0 saturated heterocycles. The average molecular weight is 431 g/mol. The first-order valence-electron chi connectivity index (χ1n) is 9.41. The first-order chi connectivity index (χ1) is 14.2. The first kappa shape index (κ1) is 21.6. The number of aryl methyl sites for hydroxylation is 1. The van der Waals surface area contributed by atoms with E-state index in [-0.39, 0.29) is 36.5 Å². The highest BCUT2D eigenvalue weighted by atomic mass is 32.1. The summed E-state index contributed by atoms with van der Waals surface area (Å²) < 4.78 is 19.4. The molecule has 30 heavy (non-hydrogen) atoms. The lowest BCUT2D eigenvalue weighted by atomic mass is 10.1. The third-order valence-electron chi connectivity index (χ3n) is 5.01. The van der Waals surface area contributed by atoms with Gasteiger partial charge in [0.2, 0.25) is 5.91 Å². The Hall–Kier alpha value is -3.07. The van der Waals surface area contributed by atoms with Crippen molar-refractivity contribution >= 4 is 33.4 Å². The fourth-order valence-corrected chi connectivity index (χ4v) is 4.13. The van der Waals surface area contributed by atoms with Crippen molar-refractivity contribution < 1.29 is 18.7 Å². The third-order valence-corrected chi connectivity index (χ3v) is 6.19. The molecule has 2 aromatic heterocycles. The normalized spacial score (nSPS) is 12.0. The minimum atomic E-state index is -0.493. The number of nitrogens with zero attached hydrogens (tertiary/aromatic N) is 3. The van der Waals surface area contributed by atoms with Gasteiger partial charge in [-0.15, -0.1) is 11.3 Å². The quantitative estimate of drug-likeness (QED) is 0.560. The van der Waals surface area contributed by atoms with Gasteiger partial charge >= 0.3 is 5.97 Å². The fourth-order valence-electron chi connectivity index (χ4n) is 3.10. The highest BCUT2D eigenvalue weighted by Crippen LogP contribution is 2.27. The Morgan fingerprint density at radius 2 is 1.97 bits per heavy atom. The molecule has 1 amide bonds. The fraction of sp³-hybridized carbons (Fsp3) is 0.333. The smallest absolute Gasteiger partial charge is 0.348 e. The van der Waals surface area contributed by atoms with Crippen molar-refractivity contribution in [1.82, 2.24) is 14.5 Å². The largest absolute Gasteiger partial charge is 0.462 e. The number of ether oxygens (including phenoxy) is 1. The molecule has 0 bridgehead atoms. The molecule has 7 nitrogen and oxygen atoms in total. The van der Waals surface area contributed by atoms with Crippen molar-refractivity contribution in [2.75, 3.05) is 13.7 Å². The number of fused-ring (bicyclic) bond motifs is 1. The summed E-state index contributed by atoms with van der Waals surface area (Å²) in [5, 5.41) is 0.313. The molecule has 2 heterocycles. The standard InChI is InChI=1S/C21H22FN3O4S/c1-5-29-21(28)18-12(2)17-19(30-18)23-11-25(20(17)27)10-16(26)24(4)13(3)14-6-8-15(22)9-7-14/h6-9,11,13H,5,10H2,1-4H3/t13-/m0/s1. The second-order valence-electron chi connectivity index (χ2n) is 6.87. The number of likely N-dealkylation sites (N-methyl/N-ethyl adjacent to an activating group) is 1. The number of benzene rings is 1. The van der Waals surface area contributed by atoms with E-state index in [2.05, 4.69) is 4.98 Å². The maximum absolute atomic E-state index is 13.1. The Balaban J connectivity index is 1.86. The third kappa shape index (κ3) is 4.11. The molecule has 3 aromatic rings. The van der Waals surface area contributed by atoms with Gasteiger partial charge in [0.25, 0.3) is 5.56 Å². The van der Waals surface area contributed by atoms with Crippen LogP contribution >= 0.6 is 11.3 Å². The zero-order valence-electron chi connectivity index (χ0n) is 17.1. The predicted molar refractivity (Wildman–Crippen MR) is 112 cm³/mol. The Morgan fingerprint density at radius 3 is 2.60 bits per heavy atom. The molecule has 0 fully saturated rings. The molecule has 1 aromatic carbocycles. The second-order valence-corrected chi connectivity index (χ2v) is 7.87. The van der Waals surface area contributed by atoms with Gasteiger partial charge in [0.15, 0.2) is 0 Å². The predicted octanol–water partition coefficient (Wildman–Crippen LogP) is 3.30. The molecule has 3 rings (SSSR count). The van der Waals surface area contributed by atoms with Crippen molar-refractivity contribution in [2.24, 2.45) is 0 Å². The topological polar surface area (TPSA) is 81.5 Å². The van der Waals surface area contributed by atoms with E-state index in [0.29, 0.717) is 20.7 Å². The summed E-state index contributed by atoms with van der Waals surface area (Å²) in [7, 11) is 1.63. The summed E-state index contributed by atoms with van der Waals surface area (Å²) in [4.78, 5) is 44.3. The number of thiophene rings is 1. The number of halogens is 1. The van der Waals surface area contributed by atoms with Crippen molar-refractivity contribution in [1.29, 1.82) is 0 Å². The van der Waals surface area contributed by atoms with Gasteiger partial charge in [0, 0.05) is 7.05 Å². The van der Waals surface area contributed by atoms with Crippen molar-refractivity contribution in [2.45, 2.75) is 33.4 Å². The van der Waals surface area contributed by atoms with E-state index in [1.165, 1.54) is 27.9 Å². The van der Waals surface area contributed by atoms with Crippen LogP contribution < -0.4 is 5.56 Å². The summed E-state index contributed by atoms with van der Waals surface area (Å²) in [5.74, 6) is -1.14. The lowest BCUT2D eigenvalue weighted by molar-refractivity contribution is -0.132. The molecule has 0 aliphatic carbocycles. The molecule has 0 spiro atoms. The van der Waals surface area contributed by atoms with Gasteiger partial charge in [-0.25, -0.2) is 14.2 Å². The zero-order chi connectivity index (χ0) is 22.0. The summed E-state index contributed by atoms with van der Waals surface area (Å²) in [5.41, 5.74) is 0.891. The summed E-state index contributed by atoms with van der Waals surface area (Å²) in [6.07, 6.45) is 1.31. The maximum atomic E-state index is 13.1. The Kier molecular flexibility index (Phi) is 6.31. The number of amides is 1. The monoisotopic (exact) mass is 431 g/mol. The van der Waals surface area contributed by atoms with E-state index >= 15 is 0 Å². The van der Waals surface area contributed by atoms with Gasteiger partial charge in [-0.1, -0.05) is 12.1 Å². The summed E-state index contributed by atoms with van der Waals surface area (Å²) >= 11 is 1.10. The van der Waals surface area contributed by atoms with E-state index in [4.69, 9.17) is 4.74 Å². The molecule has 0 aliphatic rings. The van der Waals surface area contributed by atoms with Gasteiger partial charge in [-0.3, -0.25) is 14.2 Å². The van der Waals surface area contributed by atoms with Crippen molar-refractivity contribution in [3.8, 4) is 0 Å². The minimum Gasteiger partial charge on any atom is -0.462 e. The van der Waals surface area contributed by atoms with Crippen LogP contribution in [0.15, 0.2) is 35.4 Å². The van der Waals surface area contributed by atoms with Crippen LogP contribution in [0.5, 0.6) is 0 Å². The zero-order valence-corrected chi connectivity index (χ0v) is 18.0. The van der Waals surface area contributed by atoms with Crippen LogP contribution in [0, 0.1) is 12.7 Å². The number of hydrogen-bond donors (Lipinski definition) is 0. The van der Waals surface area contributed by atoms with Crippen LogP contribution in [-0.2, 0) is 16.1 Å². The van der Waals surface area contributed by atoms with Crippen LogP contribution in [0.1, 0.15) is 40.7 Å². The SMILES string of the molecule is CCOC(=O)c1sc2ncn(CC(=O)N(C)[C@@H](C)c3ccc(F)cc3)c(=O)c2c1C. The highest BCUT2D eigenvalue weighted by Gasteiger charge is 2.22. The molecule has 0 N–H and O–H groups in total. The number of esters is 1. The minimum absolute atomic E-state index is 0.201. The molecule has 1 atom stereocenters. The van der Waals surface area contributed by atoms with E-state index in [1.54, 1.807) is 33.0 Å². The average Bonchev–Trinajstić information content (AvgIpc) is 3.07. The van der Waals surface area contributed by atoms with Crippen LogP contribution in [-0.4, -0.2) is 40.0 Å². The highest BCUT2D eigenvalue weighted by molar-refractivity contribution is 7.20. The molecule has 0 radical (unpaired) electrons. The van der Waals surface area contributed by atoms with Crippen LogP contribution in [0.25, 0.3) is 10.2 Å². The van der Waals surface area contributed by atoms with Gasteiger partial charge in [-0.2, -0.15) is 0 Å². The van der Waals surface area contributed by atoms with Gasteiger partial charge < -0.3 is 9.64 Å². The van der Waals surface area contributed by atoms with Gasteiger partial charge in [0.05, 0.1) is 24.4 Å². The lowest BCUT2D eigenvalue weighted by Crippen LogP contribution is -2.35. The van der Waals surface area contributed by atoms with E-state index in [9.17, 15) is 18.8 Å². The van der Waals surface area contributed by atoms with E-state index in [0.717, 1.165) is 16.9 Å². The summed E-state index contributed by atoms with van der Waals surface area (Å²) in [6, 6.07) is 5.62. The van der Waals surface area contributed by atoms with Crippen LogP contribution in [0.3, 0.4) is 0 Å². The molecule has 0 unspecified atom stereocenters. The van der Waals surface area contributed by atoms with Crippen LogP contribution in [0.2, 0.25) is 0 Å². The van der Waals surface area contributed by atoms with Gasteiger partial charge in [-0.05, 0) is 44.0 Å². The molecular weight excluding hydrogens is 409 g/mol. The van der Waals surface area contributed by atoms with E-state index < -0.39 is 5.97 Å². The summed E-state index contributed by atoms with van der Waals surface area (Å²) in [6.45, 7) is 5.24. The first-order valence-corrected chi connectivity index (χ1v) is 10.2. The van der Waals surface area contributed by atoms with Crippen molar-refractivity contribution in [3.05, 3.63) is 62.8 Å². The Labute approximate surface area is 176 Å². The van der Waals surface area contributed by atoms with Gasteiger partial charge in [0.1, 0.15) is 22.1 Å². The Bertz CT molecular complexity index is 1150. The number of hydrogen-bond acceptors (Lipinski definition) is 6. The van der Waals surface area contributed by atoms with Crippen LogP contribution in [0.4, 0.5) is 4.39 Å². The molecular formula is C21H22FN3O4S. The number of carbonyl (C=O) groups is 2. The molecule has 0 aliphatic heterocycles. The number of rotatable bonds is 6. The number of aromatic nitrogens is 2. The van der Waals surface area contributed by atoms with E-state index in [1.807, 2.05) is 6.92 Å². The number of carbonyl (C=O) groups excluding carboxylic acids is 2. The lowest BCUT2D eigenvalue weighted by Gasteiger charge is -2.25. The second kappa shape index (κ2) is 8.74. The molecule has 9 heteroatoms. The van der Waals surface area contributed by atoms with Crippen molar-refractivity contribution in [3.63, 3.8) is 0 Å². The maximum Gasteiger partial charge on any atom is 0.348 e.